The lowest BCUT2D eigenvalue weighted by atomic mass is 10.1. The van der Waals surface area contributed by atoms with E-state index >= 15 is 0 Å². The molecule has 7 heteroatoms. The predicted molar refractivity (Wildman–Crippen MR) is 88.6 cm³/mol. The van der Waals surface area contributed by atoms with Crippen molar-refractivity contribution in [3.63, 3.8) is 0 Å². The number of carbonyl (C=O) groups is 1. The Labute approximate surface area is 138 Å². The first-order valence-corrected chi connectivity index (χ1v) is 7.58. The molecule has 0 unspecified atom stereocenters. The Morgan fingerprint density at radius 2 is 2.09 bits per heavy atom. The van der Waals surface area contributed by atoms with Gasteiger partial charge in [0, 0.05) is 24.3 Å². The first-order valence-electron chi connectivity index (χ1n) is 7.21. The van der Waals surface area contributed by atoms with Crippen molar-refractivity contribution in [2.45, 2.75) is 13.5 Å². The van der Waals surface area contributed by atoms with Crippen molar-refractivity contribution in [1.82, 2.24) is 19.6 Å². The zero-order valence-corrected chi connectivity index (χ0v) is 13.3. The number of hydrogen-bond acceptors (Lipinski definition) is 3. The summed E-state index contributed by atoms with van der Waals surface area (Å²) in [7, 11) is 0. The highest BCUT2D eigenvalue weighted by molar-refractivity contribution is 6.30. The van der Waals surface area contributed by atoms with E-state index in [1.165, 1.54) is 0 Å². The third-order valence-electron chi connectivity index (χ3n) is 3.41. The molecule has 2 aromatic heterocycles. The van der Waals surface area contributed by atoms with Crippen molar-refractivity contribution in [3.05, 3.63) is 60.1 Å². The molecule has 0 spiro atoms. The van der Waals surface area contributed by atoms with Gasteiger partial charge in [-0.25, -0.2) is 4.68 Å². The standard InChI is InChI=1S/C16H16ClN5O/c1-12(10-21-11-13(17)9-19-21)16(23)20-14-3-5-15(6-4-14)22-8-2-7-18-22/h2-9,11-12H,10H2,1H3,(H,20,23)/t12-/m1/s1. The lowest BCUT2D eigenvalue weighted by Gasteiger charge is -2.12. The highest BCUT2D eigenvalue weighted by Crippen LogP contribution is 2.14. The van der Waals surface area contributed by atoms with Gasteiger partial charge in [-0.05, 0) is 30.3 Å². The third-order valence-corrected chi connectivity index (χ3v) is 3.61. The number of nitrogens with zero attached hydrogens (tertiary/aromatic N) is 4. The fraction of sp³-hybridized carbons (Fsp3) is 0.188. The molecule has 0 fully saturated rings. The lowest BCUT2D eigenvalue weighted by Crippen LogP contribution is -2.24. The molecular weight excluding hydrogens is 314 g/mol. The average molecular weight is 330 g/mol. The molecule has 0 aliphatic carbocycles. The zero-order chi connectivity index (χ0) is 16.2. The third kappa shape index (κ3) is 3.78. The molecule has 3 rings (SSSR count). The van der Waals surface area contributed by atoms with Gasteiger partial charge in [0.2, 0.25) is 5.91 Å². The van der Waals surface area contributed by atoms with Gasteiger partial charge >= 0.3 is 0 Å². The molecule has 118 valence electrons. The van der Waals surface area contributed by atoms with Crippen molar-refractivity contribution < 1.29 is 4.79 Å². The van der Waals surface area contributed by atoms with Crippen LogP contribution in [-0.4, -0.2) is 25.5 Å². The molecule has 2 heterocycles. The number of anilines is 1. The van der Waals surface area contributed by atoms with E-state index in [1.807, 2.05) is 43.5 Å². The van der Waals surface area contributed by atoms with Crippen LogP contribution in [0.1, 0.15) is 6.92 Å². The Hall–Kier alpha value is -2.60. The maximum Gasteiger partial charge on any atom is 0.229 e. The van der Waals surface area contributed by atoms with Crippen LogP contribution in [0.15, 0.2) is 55.1 Å². The predicted octanol–water partition coefficient (Wildman–Crippen LogP) is 3.00. The number of benzene rings is 1. The van der Waals surface area contributed by atoms with Crippen molar-refractivity contribution in [1.29, 1.82) is 0 Å². The van der Waals surface area contributed by atoms with E-state index < -0.39 is 0 Å². The monoisotopic (exact) mass is 329 g/mol. The Morgan fingerprint density at radius 3 is 2.70 bits per heavy atom. The summed E-state index contributed by atoms with van der Waals surface area (Å²) in [6, 6.07) is 9.37. The molecule has 0 saturated carbocycles. The fourth-order valence-corrected chi connectivity index (χ4v) is 2.34. The highest BCUT2D eigenvalue weighted by Gasteiger charge is 2.14. The quantitative estimate of drug-likeness (QED) is 0.782. The van der Waals surface area contributed by atoms with Gasteiger partial charge in [-0.3, -0.25) is 9.48 Å². The normalized spacial score (nSPS) is 12.1. The second kappa shape index (κ2) is 6.66. The van der Waals surface area contributed by atoms with Crippen LogP contribution >= 0.6 is 11.6 Å². The van der Waals surface area contributed by atoms with E-state index in [0.717, 1.165) is 11.4 Å². The van der Waals surface area contributed by atoms with Gasteiger partial charge in [-0.2, -0.15) is 10.2 Å². The Morgan fingerprint density at radius 1 is 1.30 bits per heavy atom. The van der Waals surface area contributed by atoms with E-state index in [1.54, 1.807) is 28.0 Å². The second-order valence-corrected chi connectivity index (χ2v) is 5.70. The molecule has 23 heavy (non-hydrogen) atoms. The van der Waals surface area contributed by atoms with Gasteiger partial charge < -0.3 is 5.32 Å². The molecule has 0 saturated heterocycles. The van der Waals surface area contributed by atoms with Crippen LogP contribution in [0.25, 0.3) is 5.69 Å². The van der Waals surface area contributed by atoms with Crippen LogP contribution in [0.2, 0.25) is 5.02 Å². The largest absolute Gasteiger partial charge is 0.326 e. The summed E-state index contributed by atoms with van der Waals surface area (Å²) >= 11 is 5.82. The van der Waals surface area contributed by atoms with E-state index in [2.05, 4.69) is 15.5 Å². The summed E-state index contributed by atoms with van der Waals surface area (Å²) in [5.74, 6) is -0.291. The summed E-state index contributed by atoms with van der Waals surface area (Å²) in [5.41, 5.74) is 1.68. The molecule has 0 aliphatic rings. The zero-order valence-electron chi connectivity index (χ0n) is 12.6. The molecular formula is C16H16ClN5O. The minimum Gasteiger partial charge on any atom is -0.326 e. The van der Waals surface area contributed by atoms with Crippen molar-refractivity contribution in [2.24, 2.45) is 5.92 Å². The fourth-order valence-electron chi connectivity index (χ4n) is 2.19. The van der Waals surface area contributed by atoms with Crippen molar-refractivity contribution in [2.75, 3.05) is 5.32 Å². The SMILES string of the molecule is C[C@H](Cn1cc(Cl)cn1)C(=O)Nc1ccc(-n2cccn2)cc1. The number of halogens is 1. The Bertz CT molecular complexity index is 779. The van der Waals surface area contributed by atoms with Gasteiger partial charge in [0.25, 0.3) is 0 Å². The van der Waals surface area contributed by atoms with Gasteiger partial charge in [-0.1, -0.05) is 18.5 Å². The maximum atomic E-state index is 12.2. The van der Waals surface area contributed by atoms with E-state index in [9.17, 15) is 4.79 Å². The molecule has 1 amide bonds. The first-order chi connectivity index (χ1) is 11.1. The molecule has 3 aromatic rings. The molecule has 1 atom stereocenters. The summed E-state index contributed by atoms with van der Waals surface area (Å²) in [6.45, 7) is 2.33. The van der Waals surface area contributed by atoms with Crippen molar-refractivity contribution in [3.8, 4) is 5.69 Å². The summed E-state index contributed by atoms with van der Waals surface area (Å²) in [4.78, 5) is 12.2. The summed E-state index contributed by atoms with van der Waals surface area (Å²) in [5, 5.41) is 11.7. The van der Waals surface area contributed by atoms with Crippen LogP contribution in [0.4, 0.5) is 5.69 Å². The maximum absolute atomic E-state index is 12.2. The lowest BCUT2D eigenvalue weighted by molar-refractivity contribution is -0.119. The summed E-state index contributed by atoms with van der Waals surface area (Å²) in [6.07, 6.45) is 6.84. The molecule has 1 N–H and O–H groups in total. The van der Waals surface area contributed by atoms with Crippen LogP contribution in [0, 0.1) is 5.92 Å². The second-order valence-electron chi connectivity index (χ2n) is 5.27. The Balaban J connectivity index is 1.61. The van der Waals surface area contributed by atoms with Crippen LogP contribution in [0.5, 0.6) is 0 Å². The number of nitrogens with one attached hydrogen (secondary N) is 1. The van der Waals surface area contributed by atoms with Gasteiger partial charge in [0.1, 0.15) is 0 Å². The van der Waals surface area contributed by atoms with E-state index in [-0.39, 0.29) is 11.8 Å². The number of rotatable bonds is 5. The minimum atomic E-state index is -0.225. The van der Waals surface area contributed by atoms with Crippen molar-refractivity contribution >= 4 is 23.2 Å². The van der Waals surface area contributed by atoms with Crippen LogP contribution in [-0.2, 0) is 11.3 Å². The van der Waals surface area contributed by atoms with Crippen LogP contribution < -0.4 is 5.32 Å². The number of aromatic nitrogens is 4. The topological polar surface area (TPSA) is 64.7 Å². The van der Waals surface area contributed by atoms with E-state index in [0.29, 0.717) is 11.6 Å². The number of hydrogen-bond donors (Lipinski definition) is 1. The van der Waals surface area contributed by atoms with Gasteiger partial charge in [-0.15, -0.1) is 0 Å². The minimum absolute atomic E-state index is 0.0662. The number of amides is 1. The number of carbonyl (C=O) groups excluding carboxylic acids is 1. The molecule has 6 nitrogen and oxygen atoms in total. The first kappa shape index (κ1) is 15.3. The molecule has 1 aromatic carbocycles. The van der Waals surface area contributed by atoms with E-state index in [4.69, 9.17) is 11.6 Å². The highest BCUT2D eigenvalue weighted by atomic mass is 35.5. The van der Waals surface area contributed by atoms with Gasteiger partial charge in [0.05, 0.1) is 29.4 Å². The molecule has 0 radical (unpaired) electrons. The van der Waals surface area contributed by atoms with Crippen LogP contribution in [0.3, 0.4) is 0 Å². The Kier molecular flexibility index (Phi) is 4.43. The average Bonchev–Trinajstić information content (AvgIpc) is 3.20. The van der Waals surface area contributed by atoms with Gasteiger partial charge in [0.15, 0.2) is 0 Å². The molecule has 0 bridgehead atoms. The smallest absolute Gasteiger partial charge is 0.229 e. The molecule has 0 aliphatic heterocycles. The summed E-state index contributed by atoms with van der Waals surface area (Å²) < 4.78 is 3.42.